The number of nitrogens with one attached hydrogen (secondary N) is 1. The molecular weight excluding hydrogens is 494 g/mol. The normalized spacial score (nSPS) is 12.5. The lowest BCUT2D eigenvalue weighted by atomic mass is 10.00. The van der Waals surface area contributed by atoms with Gasteiger partial charge in [0.1, 0.15) is 17.1 Å². The van der Waals surface area contributed by atoms with E-state index in [0.29, 0.717) is 29.1 Å². The lowest BCUT2D eigenvalue weighted by Crippen LogP contribution is -2.32. The Hall–Kier alpha value is -4.26. The number of carbonyl (C=O) groups excluding carboxylic acids is 2. The van der Waals surface area contributed by atoms with Crippen molar-refractivity contribution in [3.05, 3.63) is 94.9 Å². The lowest BCUT2D eigenvalue weighted by Gasteiger charge is -2.19. The molecule has 7 nitrogen and oxygen atoms in total. The Labute approximate surface area is 230 Å². The summed E-state index contributed by atoms with van der Waals surface area (Å²) >= 11 is 0. The maximum absolute atomic E-state index is 12.1. The summed E-state index contributed by atoms with van der Waals surface area (Å²) in [5, 5.41) is 15.4. The number of ether oxygens (including phenoxy) is 3. The number of carbonyl (C=O) groups is 2. The molecule has 7 heteroatoms. The van der Waals surface area contributed by atoms with Crippen LogP contribution in [0.4, 0.5) is 4.79 Å². The van der Waals surface area contributed by atoms with Crippen LogP contribution in [-0.4, -0.2) is 29.9 Å². The summed E-state index contributed by atoms with van der Waals surface area (Å²) in [5.41, 5.74) is 2.34. The molecule has 0 aliphatic rings. The van der Waals surface area contributed by atoms with Gasteiger partial charge in [0.15, 0.2) is 0 Å². The minimum Gasteiger partial charge on any atom is -0.512 e. The Bertz CT molecular complexity index is 1400. The van der Waals surface area contributed by atoms with Crippen molar-refractivity contribution in [2.45, 2.75) is 59.6 Å². The van der Waals surface area contributed by atoms with E-state index in [-0.39, 0.29) is 24.7 Å². The second kappa shape index (κ2) is 13.0. The van der Waals surface area contributed by atoms with Gasteiger partial charge >= 0.3 is 12.1 Å². The molecule has 0 unspecified atom stereocenters. The first kappa shape index (κ1) is 29.3. The van der Waals surface area contributed by atoms with Crippen LogP contribution in [0.3, 0.4) is 0 Å². The maximum Gasteiger partial charge on any atom is 0.407 e. The topological polar surface area (TPSA) is 94.1 Å². The smallest absolute Gasteiger partial charge is 0.407 e. The molecule has 3 aromatic carbocycles. The third-order valence-electron chi connectivity index (χ3n) is 5.85. The van der Waals surface area contributed by atoms with Gasteiger partial charge in [0.25, 0.3) is 0 Å². The molecule has 39 heavy (non-hydrogen) atoms. The minimum atomic E-state index is -0.585. The van der Waals surface area contributed by atoms with Gasteiger partial charge < -0.3 is 24.6 Å². The summed E-state index contributed by atoms with van der Waals surface area (Å²) < 4.78 is 16.5. The fraction of sp³-hybridized carbons (Fsp3) is 0.312. The van der Waals surface area contributed by atoms with Gasteiger partial charge in [-0.25, -0.2) is 4.79 Å². The van der Waals surface area contributed by atoms with Gasteiger partial charge in [-0.15, -0.1) is 0 Å². The summed E-state index contributed by atoms with van der Waals surface area (Å²) in [6.45, 7) is 9.38. The number of hydrogen-bond donors (Lipinski definition) is 2. The number of fused-ring (bicyclic) bond motifs is 1. The largest absolute Gasteiger partial charge is 0.512 e. The fourth-order valence-corrected chi connectivity index (χ4v) is 4.03. The molecule has 0 fully saturated rings. The van der Waals surface area contributed by atoms with E-state index in [1.54, 1.807) is 13.0 Å². The molecule has 0 saturated heterocycles. The summed E-state index contributed by atoms with van der Waals surface area (Å²) in [6, 6.07) is 19.2. The number of benzene rings is 3. The third-order valence-corrected chi connectivity index (χ3v) is 5.85. The number of allylic oxidation sites excluding steroid dienone is 4. The first-order valence-electron chi connectivity index (χ1n) is 12.9. The van der Waals surface area contributed by atoms with Crippen LogP contribution >= 0.6 is 0 Å². The summed E-state index contributed by atoms with van der Waals surface area (Å²) in [4.78, 5) is 24.2. The Balaban J connectivity index is 1.92. The molecule has 0 saturated carbocycles. The SMILES string of the molecule is CC/C(O)=C(\C=C(/C)Oc1c(CC(=O)OC)ccc2ccccc12)c1cccc(CNC(=O)OC(C)(C)C)c1. The Morgan fingerprint density at radius 3 is 2.46 bits per heavy atom. The molecule has 0 radical (unpaired) electrons. The van der Waals surface area contributed by atoms with Crippen LogP contribution in [0.25, 0.3) is 16.3 Å². The molecule has 0 heterocycles. The van der Waals surface area contributed by atoms with Crippen molar-refractivity contribution in [1.29, 1.82) is 0 Å². The molecule has 1 amide bonds. The van der Waals surface area contributed by atoms with E-state index in [1.165, 1.54) is 7.11 Å². The summed E-state index contributed by atoms with van der Waals surface area (Å²) in [5.74, 6) is 0.934. The van der Waals surface area contributed by atoms with Crippen molar-refractivity contribution >= 4 is 28.4 Å². The highest BCUT2D eigenvalue weighted by molar-refractivity contribution is 5.91. The second-order valence-electron chi connectivity index (χ2n) is 10.2. The molecule has 0 bridgehead atoms. The van der Waals surface area contributed by atoms with Crippen molar-refractivity contribution < 1.29 is 28.9 Å². The number of hydrogen-bond acceptors (Lipinski definition) is 6. The Morgan fingerprint density at radius 1 is 1.03 bits per heavy atom. The zero-order valence-electron chi connectivity index (χ0n) is 23.5. The van der Waals surface area contributed by atoms with Crippen molar-refractivity contribution in [1.82, 2.24) is 5.32 Å². The van der Waals surface area contributed by atoms with Gasteiger partial charge in [0.2, 0.25) is 0 Å². The average molecular weight is 532 g/mol. The Morgan fingerprint density at radius 2 is 1.77 bits per heavy atom. The van der Waals surface area contributed by atoms with Crippen LogP contribution in [0.1, 0.15) is 57.7 Å². The van der Waals surface area contributed by atoms with Crippen molar-refractivity contribution in [2.75, 3.05) is 7.11 Å². The van der Waals surface area contributed by atoms with Gasteiger partial charge in [-0.2, -0.15) is 0 Å². The van der Waals surface area contributed by atoms with Crippen LogP contribution in [0, 0.1) is 0 Å². The van der Waals surface area contributed by atoms with Crippen molar-refractivity contribution in [3.63, 3.8) is 0 Å². The molecule has 3 rings (SSSR count). The predicted octanol–water partition coefficient (Wildman–Crippen LogP) is 7.24. The molecule has 3 aromatic rings. The van der Waals surface area contributed by atoms with Gasteiger partial charge in [0.05, 0.1) is 19.3 Å². The van der Waals surface area contributed by atoms with E-state index in [9.17, 15) is 14.7 Å². The zero-order chi connectivity index (χ0) is 28.6. The van der Waals surface area contributed by atoms with Crippen LogP contribution in [0.15, 0.2) is 78.3 Å². The third kappa shape index (κ3) is 8.37. The van der Waals surface area contributed by atoms with Crippen molar-refractivity contribution in [2.24, 2.45) is 0 Å². The lowest BCUT2D eigenvalue weighted by molar-refractivity contribution is -0.139. The van der Waals surface area contributed by atoms with E-state index in [2.05, 4.69) is 5.32 Å². The monoisotopic (exact) mass is 531 g/mol. The number of alkyl carbamates (subject to hydrolysis) is 1. The standard InChI is InChI=1S/C32H37NO6/c1-7-28(34)27(24-13-10-11-22(18-24)20-33-31(36)39-32(3,4)5)17-21(2)38-30-25(19-29(35)37-6)16-15-23-12-8-9-14-26(23)30/h8-18,34H,7,19-20H2,1-6H3,(H,33,36)/b21-17+,28-27-. The predicted molar refractivity (Wildman–Crippen MR) is 153 cm³/mol. The molecule has 0 aliphatic carbocycles. The van der Waals surface area contributed by atoms with Gasteiger partial charge in [-0.05, 0) is 56.4 Å². The summed E-state index contributed by atoms with van der Waals surface area (Å²) in [6.07, 6.45) is 1.77. The van der Waals surface area contributed by atoms with E-state index in [1.807, 2.05) is 88.4 Å². The molecule has 2 N–H and O–H groups in total. The zero-order valence-corrected chi connectivity index (χ0v) is 23.5. The van der Waals surface area contributed by atoms with Gasteiger partial charge in [0, 0.05) is 29.5 Å². The number of amides is 1. The molecule has 0 aromatic heterocycles. The Kier molecular flexibility index (Phi) is 9.77. The maximum atomic E-state index is 12.1. The van der Waals surface area contributed by atoms with E-state index in [0.717, 1.165) is 21.9 Å². The molecule has 0 spiro atoms. The van der Waals surface area contributed by atoms with Crippen LogP contribution < -0.4 is 10.1 Å². The minimum absolute atomic E-state index is 0.0690. The van der Waals surface area contributed by atoms with Crippen LogP contribution in [-0.2, 0) is 27.2 Å². The second-order valence-corrected chi connectivity index (χ2v) is 10.2. The number of aliphatic hydroxyl groups excluding tert-OH is 1. The quantitative estimate of drug-likeness (QED) is 0.172. The fourth-order valence-electron chi connectivity index (χ4n) is 4.03. The highest BCUT2D eigenvalue weighted by atomic mass is 16.6. The van der Waals surface area contributed by atoms with Crippen molar-refractivity contribution in [3.8, 4) is 5.75 Å². The first-order chi connectivity index (χ1) is 18.5. The molecule has 0 atom stereocenters. The highest BCUT2D eigenvalue weighted by Crippen LogP contribution is 2.33. The van der Waals surface area contributed by atoms with Crippen LogP contribution in [0.5, 0.6) is 5.75 Å². The van der Waals surface area contributed by atoms with Gasteiger partial charge in [-0.3, -0.25) is 4.79 Å². The highest BCUT2D eigenvalue weighted by Gasteiger charge is 2.17. The van der Waals surface area contributed by atoms with E-state index < -0.39 is 11.7 Å². The molecule has 0 aliphatic heterocycles. The number of esters is 1. The van der Waals surface area contributed by atoms with Crippen LogP contribution in [0.2, 0.25) is 0 Å². The molecular formula is C32H37NO6. The number of rotatable bonds is 9. The van der Waals surface area contributed by atoms with E-state index in [4.69, 9.17) is 14.2 Å². The average Bonchev–Trinajstić information content (AvgIpc) is 2.90. The number of methoxy groups -OCH3 is 1. The number of aliphatic hydroxyl groups is 1. The first-order valence-corrected chi connectivity index (χ1v) is 12.9. The molecule has 206 valence electrons. The summed E-state index contributed by atoms with van der Waals surface area (Å²) in [7, 11) is 1.36. The van der Waals surface area contributed by atoms with Gasteiger partial charge in [-0.1, -0.05) is 61.5 Å². The van der Waals surface area contributed by atoms with E-state index >= 15 is 0 Å².